The first kappa shape index (κ1) is 47.8. The number of benzene rings is 3. The minimum Gasteiger partial charge on any atom is -0.494 e. The summed E-state index contributed by atoms with van der Waals surface area (Å²) in [4.78, 5) is 61.1. The summed E-state index contributed by atoms with van der Waals surface area (Å²) in [6.07, 6.45) is 4.62. The normalized spacial score (nSPS) is 19.2. The minimum absolute atomic E-state index is 0.104. The molecule has 3 aromatic carbocycles. The Balaban J connectivity index is 1.07. The molecule has 0 unspecified atom stereocenters. The number of fused-ring (bicyclic) bond motifs is 1. The SMILES string of the molecule is CC(C)(C)NC(=O)[C@@H]1CN(Cc2cccnc2)CCN1C[C@@H](O)C[C@@H](Cc1ccccc1)C(=O)N[C@H]1c2ccccc2C[C@H]1OC(=O)CCCCOc1ccc(C[C@H](N)C(=O)O)cc1. The number of amides is 2. The summed E-state index contributed by atoms with van der Waals surface area (Å²) < 4.78 is 11.9. The molecule has 1 fully saturated rings. The zero-order chi connectivity index (χ0) is 45.6. The average Bonchev–Trinajstić information content (AvgIpc) is 3.60. The Morgan fingerprint density at radius 3 is 2.33 bits per heavy atom. The van der Waals surface area contributed by atoms with Crippen LogP contribution in [-0.2, 0) is 49.7 Å². The number of aliphatic hydroxyl groups excluding tert-OH is 1. The maximum atomic E-state index is 14.5. The van der Waals surface area contributed by atoms with Crippen LogP contribution < -0.4 is 21.1 Å². The number of hydrogen-bond acceptors (Lipinski definition) is 11. The number of carbonyl (C=O) groups is 4. The standard InChI is InChI=1S/C50H64N6O8/c1-50(2,3)54-48(60)43-33-55(31-36-14-11-22-52-30-36)23-24-56(43)32-39(57)28-38(26-34-12-5-4-6-13-34)47(59)53-46-41-16-8-7-15-37(41)29-44(46)64-45(58)17-9-10-25-63-40-20-18-35(19-21-40)27-42(51)49(61)62/h4-8,11-16,18-22,30,38-39,42-44,46,57H,9-10,17,23-29,31-33,51H2,1-3H3,(H,53,59)(H,54,60)(H,61,62)/t38-,39+,42+,43+,44-,46+/m1/s1. The first-order valence-electron chi connectivity index (χ1n) is 22.4. The third-order valence-electron chi connectivity index (χ3n) is 11.7. The van der Waals surface area contributed by atoms with Crippen molar-refractivity contribution in [1.29, 1.82) is 0 Å². The molecular formula is C50H64N6O8. The van der Waals surface area contributed by atoms with Gasteiger partial charge in [-0.2, -0.15) is 0 Å². The average molecular weight is 877 g/mol. The molecule has 14 heteroatoms. The van der Waals surface area contributed by atoms with E-state index in [0.717, 1.165) is 27.8 Å². The summed E-state index contributed by atoms with van der Waals surface area (Å²) in [5, 5.41) is 27.2. The fourth-order valence-electron chi connectivity index (χ4n) is 8.51. The molecule has 14 nitrogen and oxygen atoms in total. The van der Waals surface area contributed by atoms with Crippen molar-refractivity contribution in [2.24, 2.45) is 11.7 Å². The largest absolute Gasteiger partial charge is 0.494 e. The van der Waals surface area contributed by atoms with Gasteiger partial charge in [-0.3, -0.25) is 34.0 Å². The number of rotatable bonds is 21. The minimum atomic E-state index is -1.05. The van der Waals surface area contributed by atoms with Gasteiger partial charge in [0, 0.05) is 69.4 Å². The molecule has 2 amide bonds. The highest BCUT2D eigenvalue weighted by Crippen LogP contribution is 2.34. The van der Waals surface area contributed by atoms with Crippen molar-refractivity contribution in [1.82, 2.24) is 25.4 Å². The number of unbranched alkanes of at least 4 members (excludes halogenated alkanes) is 1. The number of nitrogens with two attached hydrogens (primary N) is 1. The van der Waals surface area contributed by atoms with Gasteiger partial charge in [0.15, 0.2) is 0 Å². The van der Waals surface area contributed by atoms with Gasteiger partial charge >= 0.3 is 11.9 Å². The number of carboxylic acid groups (broad SMARTS) is 1. The van der Waals surface area contributed by atoms with Crippen LogP contribution in [0.2, 0.25) is 0 Å². The Labute approximate surface area is 376 Å². The molecule has 1 saturated heterocycles. The number of carbonyl (C=O) groups excluding carboxylic acids is 3. The number of nitrogens with zero attached hydrogens (tertiary/aromatic N) is 3. The van der Waals surface area contributed by atoms with Crippen molar-refractivity contribution in [3.8, 4) is 5.75 Å². The van der Waals surface area contributed by atoms with Crippen LogP contribution >= 0.6 is 0 Å². The molecule has 342 valence electrons. The molecule has 0 radical (unpaired) electrons. The molecule has 2 heterocycles. The zero-order valence-electron chi connectivity index (χ0n) is 37.2. The van der Waals surface area contributed by atoms with Crippen molar-refractivity contribution >= 4 is 23.8 Å². The monoisotopic (exact) mass is 876 g/mol. The Kier molecular flexibility index (Phi) is 17.0. The summed E-state index contributed by atoms with van der Waals surface area (Å²) in [5.41, 5.74) is 9.91. The number of carboxylic acids is 1. The number of hydrogen-bond donors (Lipinski definition) is 5. The van der Waals surface area contributed by atoms with Gasteiger partial charge in [-0.15, -0.1) is 0 Å². The fraction of sp³-hybridized carbons (Fsp3) is 0.460. The van der Waals surface area contributed by atoms with E-state index in [1.807, 2.05) is 98.6 Å². The van der Waals surface area contributed by atoms with Crippen molar-refractivity contribution in [3.05, 3.63) is 131 Å². The summed E-state index contributed by atoms with van der Waals surface area (Å²) in [7, 11) is 0. The van der Waals surface area contributed by atoms with Gasteiger partial charge in [0.25, 0.3) is 0 Å². The van der Waals surface area contributed by atoms with Crippen LogP contribution in [0, 0.1) is 5.92 Å². The van der Waals surface area contributed by atoms with E-state index in [4.69, 9.17) is 20.3 Å². The maximum absolute atomic E-state index is 14.5. The molecule has 6 N–H and O–H groups in total. The third-order valence-corrected chi connectivity index (χ3v) is 11.7. The lowest BCUT2D eigenvalue weighted by atomic mass is 9.91. The Bertz CT molecular complexity index is 2130. The predicted molar refractivity (Wildman–Crippen MR) is 243 cm³/mol. The van der Waals surface area contributed by atoms with E-state index in [-0.39, 0.29) is 43.6 Å². The first-order valence-corrected chi connectivity index (χ1v) is 22.4. The highest BCUT2D eigenvalue weighted by atomic mass is 16.5. The number of aromatic nitrogens is 1. The molecule has 0 saturated carbocycles. The number of ether oxygens (including phenoxy) is 2. The van der Waals surface area contributed by atoms with Crippen LogP contribution in [0.1, 0.15) is 80.3 Å². The van der Waals surface area contributed by atoms with Crippen LogP contribution in [-0.4, -0.2) is 111 Å². The number of aliphatic carboxylic acids is 1. The smallest absolute Gasteiger partial charge is 0.320 e. The summed E-state index contributed by atoms with van der Waals surface area (Å²) in [6.45, 7) is 8.87. The van der Waals surface area contributed by atoms with Gasteiger partial charge in [-0.1, -0.05) is 72.8 Å². The van der Waals surface area contributed by atoms with Gasteiger partial charge in [-0.05, 0) is 98.9 Å². The lowest BCUT2D eigenvalue weighted by Gasteiger charge is -2.42. The molecule has 1 aromatic heterocycles. The van der Waals surface area contributed by atoms with Gasteiger partial charge < -0.3 is 36.1 Å². The van der Waals surface area contributed by atoms with Crippen LogP contribution in [0.15, 0.2) is 103 Å². The second-order valence-electron chi connectivity index (χ2n) is 18.1. The first-order chi connectivity index (χ1) is 30.7. The second kappa shape index (κ2) is 22.8. The van der Waals surface area contributed by atoms with Crippen LogP contribution in [0.25, 0.3) is 0 Å². The molecule has 0 bridgehead atoms. The van der Waals surface area contributed by atoms with E-state index in [1.54, 1.807) is 30.5 Å². The Morgan fingerprint density at radius 1 is 0.891 bits per heavy atom. The zero-order valence-corrected chi connectivity index (χ0v) is 37.2. The molecule has 2 aliphatic rings. The summed E-state index contributed by atoms with van der Waals surface area (Å²) >= 11 is 0. The topological polar surface area (TPSA) is 197 Å². The molecule has 6 atom stereocenters. The number of aliphatic hydroxyl groups is 1. The van der Waals surface area contributed by atoms with Crippen molar-refractivity contribution in [2.75, 3.05) is 32.8 Å². The molecule has 1 aliphatic carbocycles. The fourth-order valence-corrected chi connectivity index (χ4v) is 8.51. The molecule has 1 aliphatic heterocycles. The lowest BCUT2D eigenvalue weighted by molar-refractivity contribution is -0.151. The van der Waals surface area contributed by atoms with Gasteiger partial charge in [0.1, 0.15) is 23.9 Å². The van der Waals surface area contributed by atoms with E-state index in [1.165, 1.54) is 0 Å². The van der Waals surface area contributed by atoms with E-state index in [2.05, 4.69) is 20.5 Å². The van der Waals surface area contributed by atoms with Gasteiger partial charge in [-0.25, -0.2) is 0 Å². The van der Waals surface area contributed by atoms with E-state index >= 15 is 0 Å². The highest BCUT2D eigenvalue weighted by molar-refractivity contribution is 5.83. The molecule has 4 aromatic rings. The summed E-state index contributed by atoms with van der Waals surface area (Å²) in [6, 6.07) is 26.5. The molecule has 64 heavy (non-hydrogen) atoms. The quantitative estimate of drug-likeness (QED) is 0.0577. The van der Waals surface area contributed by atoms with Crippen LogP contribution in [0.5, 0.6) is 5.75 Å². The van der Waals surface area contributed by atoms with Gasteiger partial charge in [0.05, 0.1) is 18.8 Å². The number of nitrogens with one attached hydrogen (secondary N) is 2. The number of esters is 1. The van der Waals surface area contributed by atoms with Crippen molar-refractivity contribution in [3.63, 3.8) is 0 Å². The molecule has 6 rings (SSSR count). The predicted octanol–water partition coefficient (Wildman–Crippen LogP) is 4.62. The van der Waals surface area contributed by atoms with Crippen LogP contribution in [0.3, 0.4) is 0 Å². The van der Waals surface area contributed by atoms with E-state index < -0.39 is 47.8 Å². The van der Waals surface area contributed by atoms with Crippen LogP contribution in [0.4, 0.5) is 0 Å². The second-order valence-corrected chi connectivity index (χ2v) is 18.1. The third kappa shape index (κ3) is 14.4. The van der Waals surface area contributed by atoms with E-state index in [9.17, 15) is 24.3 Å². The van der Waals surface area contributed by atoms with Crippen molar-refractivity contribution in [2.45, 2.75) is 108 Å². The van der Waals surface area contributed by atoms with E-state index in [0.29, 0.717) is 64.2 Å². The maximum Gasteiger partial charge on any atom is 0.320 e. The molecule has 0 spiro atoms. The molecular weight excluding hydrogens is 813 g/mol. The Hall–Kier alpha value is -5.67. The number of pyridine rings is 1. The number of β-amino-alcohol motifs (C(OH)–C–C–N with tert-alkyl or cyclic N) is 1. The Morgan fingerprint density at radius 2 is 1.61 bits per heavy atom. The lowest BCUT2D eigenvalue weighted by Crippen LogP contribution is -2.61. The number of piperazine rings is 1. The van der Waals surface area contributed by atoms with Gasteiger partial charge in [0.2, 0.25) is 11.8 Å². The van der Waals surface area contributed by atoms with Crippen molar-refractivity contribution < 1.29 is 38.9 Å². The highest BCUT2D eigenvalue weighted by Gasteiger charge is 2.39. The summed E-state index contributed by atoms with van der Waals surface area (Å²) in [5.74, 6) is -1.74.